The standard InChI is InChI=1S/C68H96N14O14S/c1-46(83)59(81-62(86)56(28-12-17-37-70)78-60(84)54(71)27-11-16-36-69)64(88)79-55(29-13-18-38-74-66(72)73)61(85)77-52-34-32-51-42-53(35-33-50(51)41-52)97(92,93)82-57(30-14-19-39-75-67(90)95-44-48-23-7-3-8-24-48)63(87)80-58(65(89)94-43-47-21-5-2-6-22-47)31-15-20-40-76-68(91)96-45-49-25-9-4-10-26-49/h2-10,21-26,32-35,41-42,46,54-59,82-83H,11-20,27-31,36-40,43-45,69-71H2,1H3,(H,75,90)(H,76,91)(H,77,85)(H,78,84)(H,79,88)(H,80,87)(H,81,86)(H4,72,73,74)/t46-,54+,55+,56+,57+,58+,59+/m1/s1. The smallest absolute Gasteiger partial charge is 0.407 e. The number of aliphatic hydroxyl groups is 1. The molecule has 29 heteroatoms. The minimum Gasteiger partial charge on any atom is -0.459 e. The van der Waals surface area contributed by atoms with Crippen molar-refractivity contribution in [3.05, 3.63) is 144 Å². The fraction of sp³-hybridized carbons (Fsp3) is 0.456. The van der Waals surface area contributed by atoms with Crippen LogP contribution in [0.2, 0.25) is 0 Å². The fourth-order valence-corrected chi connectivity index (χ4v) is 11.2. The van der Waals surface area contributed by atoms with Gasteiger partial charge in [-0.3, -0.25) is 29.0 Å². The summed E-state index contributed by atoms with van der Waals surface area (Å²) in [6.07, 6.45) is 1.83. The number of sulfonamides is 1. The number of nitrogens with one attached hydrogen (secondary N) is 8. The zero-order chi connectivity index (χ0) is 70.4. The molecule has 0 bridgehead atoms. The maximum atomic E-state index is 14.5. The van der Waals surface area contributed by atoms with Gasteiger partial charge in [0, 0.05) is 25.3 Å². The molecular weight excluding hydrogens is 1270 g/mol. The molecule has 0 saturated heterocycles. The van der Waals surface area contributed by atoms with Crippen molar-refractivity contribution in [2.24, 2.45) is 33.7 Å². The van der Waals surface area contributed by atoms with Crippen LogP contribution in [0.25, 0.3) is 10.8 Å². The number of esters is 1. The molecule has 0 aliphatic carbocycles. The SMILES string of the molecule is C[C@@H](O)[C@H](NC(=O)[C@H](CCCCN)NC(=O)[C@@H](N)CCCCN)C(=O)N[C@@H](CCCCN=C(N)N)C(=O)Nc1ccc2cc(S(=O)(=O)N[C@@H](CCCCNC(=O)OCc3ccccc3)C(=O)N[C@@H](CCCCNC(=O)OCc3ccccc3)C(=O)OCc3ccccc3)ccc2c1. The number of fused-ring (bicyclic) bond motifs is 1. The lowest BCUT2D eigenvalue weighted by Gasteiger charge is -2.27. The Labute approximate surface area is 566 Å². The molecule has 28 nitrogen and oxygen atoms in total. The number of ether oxygens (including phenoxy) is 3. The summed E-state index contributed by atoms with van der Waals surface area (Å²) < 4.78 is 47.8. The molecule has 0 aliphatic rings. The van der Waals surface area contributed by atoms with E-state index in [4.69, 9.17) is 42.9 Å². The van der Waals surface area contributed by atoms with E-state index in [9.17, 15) is 51.9 Å². The second-order valence-corrected chi connectivity index (χ2v) is 25.1. The molecule has 0 heterocycles. The molecule has 0 saturated carbocycles. The Morgan fingerprint density at radius 2 is 0.948 bits per heavy atom. The number of carbonyl (C=O) groups excluding carboxylic acids is 8. The number of aliphatic hydroxyl groups excluding tert-OH is 1. The molecule has 5 aromatic rings. The van der Waals surface area contributed by atoms with Gasteiger partial charge >= 0.3 is 18.2 Å². The lowest BCUT2D eigenvalue weighted by Crippen LogP contribution is -2.60. The van der Waals surface area contributed by atoms with Gasteiger partial charge in [0.15, 0.2) is 5.96 Å². The molecule has 0 aromatic heterocycles. The Morgan fingerprint density at radius 3 is 1.49 bits per heavy atom. The molecule has 0 spiro atoms. The van der Waals surface area contributed by atoms with Crippen molar-refractivity contribution in [2.45, 2.75) is 170 Å². The molecule has 0 aliphatic heterocycles. The number of unbranched alkanes of at least 4 members (excludes halogenated alkanes) is 5. The monoisotopic (exact) mass is 1360 g/mol. The number of hydrogen-bond donors (Lipinski definition) is 14. The number of nitrogens with zero attached hydrogens (tertiary/aromatic N) is 1. The van der Waals surface area contributed by atoms with Crippen LogP contribution in [0, 0.1) is 0 Å². The first-order valence-electron chi connectivity index (χ1n) is 32.7. The van der Waals surface area contributed by atoms with Gasteiger partial charge in [0.05, 0.1) is 17.0 Å². The molecule has 5 aromatic carbocycles. The highest BCUT2D eigenvalue weighted by Crippen LogP contribution is 2.24. The van der Waals surface area contributed by atoms with E-state index in [0.717, 1.165) is 11.1 Å². The predicted molar refractivity (Wildman–Crippen MR) is 368 cm³/mol. The molecule has 0 fully saturated rings. The summed E-state index contributed by atoms with van der Waals surface area (Å²) in [5.41, 5.74) is 31.0. The van der Waals surface area contributed by atoms with E-state index in [2.05, 4.69) is 46.9 Å². The fourth-order valence-electron chi connectivity index (χ4n) is 9.96. The number of guanidine groups is 1. The maximum Gasteiger partial charge on any atom is 0.407 e. The number of hydrogen-bond acceptors (Lipinski definition) is 18. The van der Waals surface area contributed by atoms with E-state index in [-0.39, 0.29) is 88.1 Å². The molecule has 19 N–H and O–H groups in total. The van der Waals surface area contributed by atoms with Crippen LogP contribution in [-0.4, -0.2) is 142 Å². The second kappa shape index (κ2) is 43.0. The van der Waals surface area contributed by atoms with Crippen LogP contribution < -0.4 is 70.6 Å². The average molecular weight is 1370 g/mol. The summed E-state index contributed by atoms with van der Waals surface area (Å²) in [4.78, 5) is 112. The number of benzene rings is 5. The highest BCUT2D eigenvalue weighted by molar-refractivity contribution is 7.89. The Morgan fingerprint density at radius 1 is 0.495 bits per heavy atom. The lowest BCUT2D eigenvalue weighted by atomic mass is 10.0. The lowest BCUT2D eigenvalue weighted by molar-refractivity contribution is -0.149. The Hall–Kier alpha value is -9.26. The van der Waals surface area contributed by atoms with Crippen molar-refractivity contribution in [3.8, 4) is 0 Å². The minimum absolute atomic E-state index is 0.0384. The Balaban J connectivity index is 1.32. The summed E-state index contributed by atoms with van der Waals surface area (Å²) in [7, 11) is -4.53. The third-order valence-corrected chi connectivity index (χ3v) is 16.9. The van der Waals surface area contributed by atoms with E-state index in [1.54, 1.807) is 42.5 Å². The first-order valence-corrected chi connectivity index (χ1v) is 34.2. The summed E-state index contributed by atoms with van der Waals surface area (Å²) in [6, 6.07) is 28.3. The second-order valence-electron chi connectivity index (χ2n) is 23.3. The number of alkyl carbamates (subject to hydrolysis) is 2. The molecule has 97 heavy (non-hydrogen) atoms. The zero-order valence-corrected chi connectivity index (χ0v) is 55.7. The van der Waals surface area contributed by atoms with Crippen molar-refractivity contribution in [3.63, 3.8) is 0 Å². The predicted octanol–water partition coefficient (Wildman–Crippen LogP) is 3.71. The van der Waals surface area contributed by atoms with Gasteiger partial charge in [0.2, 0.25) is 39.6 Å². The summed E-state index contributed by atoms with van der Waals surface area (Å²) >= 11 is 0. The van der Waals surface area contributed by atoms with E-state index in [1.807, 2.05) is 60.7 Å². The number of anilines is 1. The third-order valence-electron chi connectivity index (χ3n) is 15.4. The van der Waals surface area contributed by atoms with Crippen LogP contribution in [0.4, 0.5) is 15.3 Å². The Bertz CT molecular complexity index is 3420. The molecule has 7 atom stereocenters. The van der Waals surface area contributed by atoms with Gasteiger partial charge in [-0.25, -0.2) is 22.8 Å². The van der Waals surface area contributed by atoms with Gasteiger partial charge in [0.25, 0.3) is 0 Å². The van der Waals surface area contributed by atoms with Crippen molar-refractivity contribution >= 4 is 80.1 Å². The van der Waals surface area contributed by atoms with Gasteiger partial charge in [-0.1, -0.05) is 110 Å². The van der Waals surface area contributed by atoms with Gasteiger partial charge < -0.3 is 85.2 Å². The van der Waals surface area contributed by atoms with Crippen molar-refractivity contribution in [2.75, 3.05) is 38.0 Å². The highest BCUT2D eigenvalue weighted by Gasteiger charge is 2.34. The van der Waals surface area contributed by atoms with Gasteiger partial charge in [-0.2, -0.15) is 4.72 Å². The van der Waals surface area contributed by atoms with E-state index >= 15 is 0 Å². The largest absolute Gasteiger partial charge is 0.459 e. The number of amides is 7. The maximum absolute atomic E-state index is 14.5. The summed E-state index contributed by atoms with van der Waals surface area (Å²) in [6.45, 7) is 2.54. The number of rotatable bonds is 44. The average Bonchev–Trinajstić information content (AvgIpc) is 0.836. The van der Waals surface area contributed by atoms with Gasteiger partial charge in [0.1, 0.15) is 50.0 Å². The summed E-state index contributed by atoms with van der Waals surface area (Å²) in [5, 5.41) is 30.5. The number of aliphatic imine (C=N–C) groups is 1. The van der Waals surface area contributed by atoms with E-state index < -0.39 is 100 Å². The van der Waals surface area contributed by atoms with Crippen molar-refractivity contribution < 1.29 is 66.1 Å². The molecule has 528 valence electrons. The third kappa shape index (κ3) is 29.7. The van der Waals surface area contributed by atoms with Crippen molar-refractivity contribution in [1.29, 1.82) is 0 Å². The highest BCUT2D eigenvalue weighted by atomic mass is 32.2. The normalized spacial score (nSPS) is 13.4. The molecule has 7 amide bonds. The van der Waals surface area contributed by atoms with E-state index in [1.165, 1.54) is 31.2 Å². The van der Waals surface area contributed by atoms with Crippen LogP contribution in [0.3, 0.4) is 0 Å². The van der Waals surface area contributed by atoms with Crippen LogP contribution >= 0.6 is 0 Å². The molecule has 5 rings (SSSR count). The topological polar surface area (TPSA) is 457 Å². The number of carbonyl (C=O) groups is 8. The van der Waals surface area contributed by atoms with Gasteiger partial charge in [-0.05, 0) is 162 Å². The van der Waals surface area contributed by atoms with Crippen LogP contribution in [0.5, 0.6) is 0 Å². The number of nitrogens with two attached hydrogens (primary N) is 5. The molecule has 0 radical (unpaired) electrons. The quantitative estimate of drug-likeness (QED) is 0.00869. The van der Waals surface area contributed by atoms with Crippen molar-refractivity contribution in [1.82, 2.24) is 36.6 Å². The molecule has 0 unspecified atom stereocenters. The van der Waals surface area contributed by atoms with Gasteiger partial charge in [-0.15, -0.1) is 0 Å². The first kappa shape index (κ1) is 78.4. The summed E-state index contributed by atoms with van der Waals surface area (Å²) in [5.74, 6) is -4.70. The van der Waals surface area contributed by atoms with Crippen LogP contribution in [0.15, 0.2) is 137 Å². The first-order chi connectivity index (χ1) is 46.7. The van der Waals surface area contributed by atoms with E-state index in [0.29, 0.717) is 93.6 Å². The minimum atomic E-state index is -4.53. The van der Waals surface area contributed by atoms with Crippen LogP contribution in [-0.2, 0) is 72.8 Å². The van der Waals surface area contributed by atoms with Crippen LogP contribution in [0.1, 0.15) is 120 Å². The zero-order valence-electron chi connectivity index (χ0n) is 54.9. The molecular formula is C68H96N14O14S. The Kier molecular flexibility index (Phi) is 34.8.